The molecule has 1 aromatic carbocycles. The highest BCUT2D eigenvalue weighted by Crippen LogP contribution is 2.17. The fraction of sp³-hybridized carbons (Fsp3) is 0.333. The molecule has 106 valence electrons. The molecule has 4 nitrogen and oxygen atoms in total. The van der Waals surface area contributed by atoms with Crippen LogP contribution in [0.25, 0.3) is 0 Å². The van der Waals surface area contributed by atoms with Gasteiger partial charge in [0.2, 0.25) is 5.91 Å². The number of rotatable bonds is 5. The first-order chi connectivity index (χ1) is 9.56. The van der Waals surface area contributed by atoms with Gasteiger partial charge in [-0.3, -0.25) is 9.48 Å². The Labute approximate surface area is 123 Å². The van der Waals surface area contributed by atoms with Gasteiger partial charge in [-0.1, -0.05) is 18.2 Å². The lowest BCUT2D eigenvalue weighted by molar-refractivity contribution is -0.127. The van der Waals surface area contributed by atoms with Gasteiger partial charge in [0.15, 0.2) is 0 Å². The molecule has 0 N–H and O–H groups in total. The first-order valence-corrected chi connectivity index (χ1v) is 7.46. The van der Waals surface area contributed by atoms with Gasteiger partial charge >= 0.3 is 0 Å². The van der Waals surface area contributed by atoms with Crippen LogP contribution in [0.5, 0.6) is 0 Å². The van der Waals surface area contributed by atoms with Crippen molar-refractivity contribution in [3.05, 3.63) is 47.8 Å². The number of aryl methyl sites for hydroxylation is 2. The van der Waals surface area contributed by atoms with Crippen LogP contribution in [0.4, 0.5) is 0 Å². The Kier molecular flexibility index (Phi) is 4.84. The molecule has 0 aliphatic heterocycles. The topological polar surface area (TPSA) is 38.1 Å². The summed E-state index contributed by atoms with van der Waals surface area (Å²) in [6.07, 6.45) is 1.96. The van der Waals surface area contributed by atoms with Gasteiger partial charge in [0.05, 0.1) is 11.4 Å². The highest BCUT2D eigenvalue weighted by molar-refractivity contribution is 8.00. The predicted molar refractivity (Wildman–Crippen MR) is 81.6 cm³/mol. The molecule has 0 saturated heterocycles. The van der Waals surface area contributed by atoms with E-state index in [1.807, 2.05) is 57.5 Å². The Morgan fingerprint density at radius 1 is 1.35 bits per heavy atom. The van der Waals surface area contributed by atoms with E-state index in [4.69, 9.17) is 0 Å². The second-order valence-corrected chi connectivity index (χ2v) is 5.81. The van der Waals surface area contributed by atoms with Crippen LogP contribution in [0.3, 0.4) is 0 Å². The minimum Gasteiger partial charge on any atom is -0.341 e. The fourth-order valence-electron chi connectivity index (χ4n) is 1.92. The van der Waals surface area contributed by atoms with Crippen molar-refractivity contribution in [2.24, 2.45) is 7.05 Å². The van der Waals surface area contributed by atoms with Crippen LogP contribution in [-0.4, -0.2) is 33.4 Å². The van der Waals surface area contributed by atoms with Crippen molar-refractivity contribution in [1.29, 1.82) is 0 Å². The average Bonchev–Trinajstić information content (AvgIpc) is 2.75. The summed E-state index contributed by atoms with van der Waals surface area (Å²) in [7, 11) is 3.73. The largest absolute Gasteiger partial charge is 0.341 e. The molecule has 0 aliphatic carbocycles. The van der Waals surface area contributed by atoms with Crippen LogP contribution >= 0.6 is 11.8 Å². The predicted octanol–water partition coefficient (Wildman–Crippen LogP) is 2.48. The summed E-state index contributed by atoms with van der Waals surface area (Å²) >= 11 is 1.56. The Hall–Kier alpha value is -1.75. The molecule has 0 atom stereocenters. The normalized spacial score (nSPS) is 10.6. The average molecular weight is 289 g/mol. The molecule has 0 aliphatic rings. The van der Waals surface area contributed by atoms with Crippen molar-refractivity contribution in [2.75, 3.05) is 12.8 Å². The van der Waals surface area contributed by atoms with Gasteiger partial charge in [0.25, 0.3) is 0 Å². The summed E-state index contributed by atoms with van der Waals surface area (Å²) < 4.78 is 1.78. The highest BCUT2D eigenvalue weighted by Gasteiger charge is 2.12. The Morgan fingerprint density at radius 3 is 2.65 bits per heavy atom. The second kappa shape index (κ2) is 6.61. The zero-order valence-corrected chi connectivity index (χ0v) is 12.9. The maximum atomic E-state index is 12.1. The third kappa shape index (κ3) is 3.87. The molecule has 0 saturated carbocycles. The summed E-state index contributed by atoms with van der Waals surface area (Å²) in [6, 6.07) is 9.97. The number of aromatic nitrogens is 2. The van der Waals surface area contributed by atoms with Crippen LogP contribution < -0.4 is 0 Å². The highest BCUT2D eigenvalue weighted by atomic mass is 32.2. The van der Waals surface area contributed by atoms with Gasteiger partial charge in [-0.25, -0.2) is 0 Å². The zero-order valence-electron chi connectivity index (χ0n) is 12.0. The first kappa shape index (κ1) is 14.7. The van der Waals surface area contributed by atoms with Gasteiger partial charge in [-0.15, -0.1) is 11.8 Å². The van der Waals surface area contributed by atoms with Crippen LogP contribution in [-0.2, 0) is 18.4 Å². The van der Waals surface area contributed by atoms with Crippen LogP contribution in [0.1, 0.15) is 11.3 Å². The zero-order chi connectivity index (χ0) is 14.5. The summed E-state index contributed by atoms with van der Waals surface area (Å²) in [5, 5.41) is 4.29. The minimum atomic E-state index is 0.127. The molecule has 1 aromatic heterocycles. The van der Waals surface area contributed by atoms with Crippen molar-refractivity contribution in [3.63, 3.8) is 0 Å². The van der Waals surface area contributed by atoms with Crippen molar-refractivity contribution in [2.45, 2.75) is 18.4 Å². The van der Waals surface area contributed by atoms with Crippen molar-refractivity contribution in [3.8, 4) is 0 Å². The van der Waals surface area contributed by atoms with E-state index in [0.717, 1.165) is 16.2 Å². The molecule has 2 rings (SSSR count). The molecule has 0 fully saturated rings. The molecule has 1 amide bonds. The van der Waals surface area contributed by atoms with E-state index in [1.165, 1.54) is 0 Å². The van der Waals surface area contributed by atoms with E-state index in [0.29, 0.717) is 12.3 Å². The lowest BCUT2D eigenvalue weighted by Gasteiger charge is -2.16. The van der Waals surface area contributed by atoms with Crippen molar-refractivity contribution >= 4 is 17.7 Å². The number of amides is 1. The SMILES string of the molecule is Cc1nn(C)cc1CN(C)C(=O)CSc1ccccc1. The number of hydrogen-bond donors (Lipinski definition) is 0. The van der Waals surface area contributed by atoms with E-state index in [9.17, 15) is 4.79 Å². The number of hydrogen-bond acceptors (Lipinski definition) is 3. The van der Waals surface area contributed by atoms with Crippen LogP contribution in [0, 0.1) is 6.92 Å². The van der Waals surface area contributed by atoms with E-state index < -0.39 is 0 Å². The number of carbonyl (C=O) groups excluding carboxylic acids is 1. The maximum Gasteiger partial charge on any atom is 0.232 e. The molecule has 20 heavy (non-hydrogen) atoms. The number of nitrogens with zero attached hydrogens (tertiary/aromatic N) is 3. The summed E-state index contributed by atoms with van der Waals surface area (Å²) in [5.41, 5.74) is 2.07. The number of carbonyl (C=O) groups is 1. The van der Waals surface area contributed by atoms with Crippen molar-refractivity contribution < 1.29 is 4.79 Å². The smallest absolute Gasteiger partial charge is 0.232 e. The Balaban J connectivity index is 1.87. The van der Waals surface area contributed by atoms with E-state index >= 15 is 0 Å². The lowest BCUT2D eigenvalue weighted by Crippen LogP contribution is -2.27. The monoisotopic (exact) mass is 289 g/mol. The van der Waals surface area contributed by atoms with E-state index in [-0.39, 0.29) is 5.91 Å². The second-order valence-electron chi connectivity index (χ2n) is 4.76. The molecule has 0 unspecified atom stereocenters. The molecule has 5 heteroatoms. The minimum absolute atomic E-state index is 0.127. The molecular formula is C15H19N3OS. The third-order valence-corrected chi connectivity index (χ3v) is 4.05. The first-order valence-electron chi connectivity index (χ1n) is 6.47. The third-order valence-electron chi connectivity index (χ3n) is 3.05. The maximum absolute atomic E-state index is 12.1. The van der Waals surface area contributed by atoms with E-state index in [2.05, 4.69) is 5.10 Å². The van der Waals surface area contributed by atoms with E-state index in [1.54, 1.807) is 21.3 Å². The standard InChI is InChI=1S/C15H19N3OS/c1-12-13(10-18(3)16-12)9-17(2)15(19)11-20-14-7-5-4-6-8-14/h4-8,10H,9,11H2,1-3H3. The Morgan fingerprint density at radius 2 is 2.05 bits per heavy atom. The summed E-state index contributed by atoms with van der Waals surface area (Å²) in [4.78, 5) is 15.0. The molecule has 2 aromatic rings. The number of benzene rings is 1. The summed E-state index contributed by atoms with van der Waals surface area (Å²) in [6.45, 7) is 2.57. The van der Waals surface area contributed by atoms with Gasteiger partial charge in [0.1, 0.15) is 0 Å². The summed E-state index contributed by atoms with van der Waals surface area (Å²) in [5.74, 6) is 0.585. The molecular weight excluding hydrogens is 270 g/mol. The molecule has 1 heterocycles. The van der Waals surface area contributed by atoms with Gasteiger partial charge in [0, 0.05) is 37.3 Å². The van der Waals surface area contributed by atoms with Crippen LogP contribution in [0.2, 0.25) is 0 Å². The van der Waals surface area contributed by atoms with Crippen LogP contribution in [0.15, 0.2) is 41.4 Å². The quantitative estimate of drug-likeness (QED) is 0.794. The van der Waals surface area contributed by atoms with Gasteiger partial charge in [-0.2, -0.15) is 5.10 Å². The van der Waals surface area contributed by atoms with Crippen molar-refractivity contribution in [1.82, 2.24) is 14.7 Å². The Bertz CT molecular complexity index is 580. The van der Waals surface area contributed by atoms with Gasteiger partial charge in [-0.05, 0) is 19.1 Å². The lowest BCUT2D eigenvalue weighted by atomic mass is 10.2. The fourth-order valence-corrected chi connectivity index (χ4v) is 2.78. The molecule has 0 bridgehead atoms. The van der Waals surface area contributed by atoms with Gasteiger partial charge < -0.3 is 4.90 Å². The molecule has 0 spiro atoms. The molecule has 0 radical (unpaired) electrons. The number of thioether (sulfide) groups is 1.